The van der Waals surface area contributed by atoms with Gasteiger partial charge in [0.25, 0.3) is 10.0 Å². The molecule has 0 fully saturated rings. The van der Waals surface area contributed by atoms with Gasteiger partial charge in [0.1, 0.15) is 12.4 Å². The largest absolute Gasteiger partial charge is 0.494 e. The average Bonchev–Trinajstić information content (AvgIpc) is 2.60. The highest BCUT2D eigenvalue weighted by molar-refractivity contribution is 7.92. The molecule has 0 N–H and O–H groups in total. The molecule has 2 aromatic rings. The maximum Gasteiger partial charge on any atom is 0.326 e. The van der Waals surface area contributed by atoms with E-state index in [-0.39, 0.29) is 11.4 Å². The topological polar surface area (TPSA) is 72.9 Å². The highest BCUT2D eigenvalue weighted by atomic mass is 32.2. The standard InChI is InChI=1S/C16H15F2NO5S/c1-23-15-8-7-11(9-13(15)18)25(21,22)19(10-16(20)24-2)14-6-4-3-5-12(14)17/h3-9H,10H2,1-2H3. The van der Waals surface area contributed by atoms with Crippen molar-refractivity contribution in [3.63, 3.8) is 0 Å². The van der Waals surface area contributed by atoms with Crippen molar-refractivity contribution in [2.75, 3.05) is 25.1 Å². The molecule has 0 atom stereocenters. The normalized spacial score (nSPS) is 11.0. The second-order valence-corrected chi connectivity index (χ2v) is 6.70. The zero-order valence-corrected chi connectivity index (χ0v) is 14.2. The zero-order chi connectivity index (χ0) is 18.6. The van der Waals surface area contributed by atoms with E-state index in [0.29, 0.717) is 4.31 Å². The van der Waals surface area contributed by atoms with Gasteiger partial charge < -0.3 is 9.47 Å². The third-order valence-corrected chi connectivity index (χ3v) is 5.09. The van der Waals surface area contributed by atoms with Crippen molar-refractivity contribution in [3.05, 3.63) is 54.1 Å². The highest BCUT2D eigenvalue weighted by Crippen LogP contribution is 2.28. The van der Waals surface area contributed by atoms with Gasteiger partial charge in [0.15, 0.2) is 11.6 Å². The Morgan fingerprint density at radius 3 is 2.32 bits per heavy atom. The van der Waals surface area contributed by atoms with Crippen molar-refractivity contribution in [3.8, 4) is 5.75 Å². The van der Waals surface area contributed by atoms with E-state index >= 15 is 0 Å². The number of carbonyl (C=O) groups excluding carboxylic acids is 1. The molecule has 0 aliphatic carbocycles. The fourth-order valence-electron chi connectivity index (χ4n) is 2.07. The van der Waals surface area contributed by atoms with Gasteiger partial charge in [-0.25, -0.2) is 17.2 Å². The number of hydrogen-bond acceptors (Lipinski definition) is 5. The van der Waals surface area contributed by atoms with Gasteiger partial charge in [-0.15, -0.1) is 0 Å². The molecule has 0 aromatic heterocycles. The Morgan fingerprint density at radius 2 is 1.76 bits per heavy atom. The van der Waals surface area contributed by atoms with Crippen molar-refractivity contribution in [1.29, 1.82) is 0 Å². The van der Waals surface area contributed by atoms with Gasteiger partial charge in [0, 0.05) is 0 Å². The van der Waals surface area contributed by atoms with Crippen LogP contribution in [0, 0.1) is 11.6 Å². The van der Waals surface area contributed by atoms with Gasteiger partial charge in [-0.05, 0) is 30.3 Å². The molecule has 0 saturated carbocycles. The molecule has 0 saturated heterocycles. The molecule has 0 unspecified atom stereocenters. The molecule has 0 spiro atoms. The SMILES string of the molecule is COC(=O)CN(c1ccccc1F)S(=O)(=O)c1ccc(OC)c(F)c1. The van der Waals surface area contributed by atoms with Gasteiger partial charge in [0.2, 0.25) is 0 Å². The van der Waals surface area contributed by atoms with E-state index in [1.807, 2.05) is 0 Å². The first-order chi connectivity index (χ1) is 11.8. The van der Waals surface area contributed by atoms with Crippen LogP contribution in [0.15, 0.2) is 47.4 Å². The van der Waals surface area contributed by atoms with Crippen LogP contribution in [-0.4, -0.2) is 35.2 Å². The Bertz CT molecular complexity index is 886. The van der Waals surface area contributed by atoms with Crippen LogP contribution >= 0.6 is 0 Å². The fourth-order valence-corrected chi connectivity index (χ4v) is 3.50. The molecular formula is C16H15F2NO5S. The monoisotopic (exact) mass is 371 g/mol. The van der Waals surface area contributed by atoms with Crippen LogP contribution in [0.2, 0.25) is 0 Å². The molecule has 2 aromatic carbocycles. The van der Waals surface area contributed by atoms with Crippen molar-refractivity contribution in [2.45, 2.75) is 4.90 Å². The Kier molecular flexibility index (Phi) is 5.58. The Balaban J connectivity index is 2.57. The van der Waals surface area contributed by atoms with Crippen LogP contribution in [0.5, 0.6) is 5.75 Å². The molecule has 0 heterocycles. The Morgan fingerprint density at radius 1 is 1.08 bits per heavy atom. The Hall–Kier alpha value is -2.68. The second-order valence-electron chi connectivity index (χ2n) is 4.84. The summed E-state index contributed by atoms with van der Waals surface area (Å²) in [6.07, 6.45) is 0. The second kappa shape index (κ2) is 7.47. The molecule has 9 heteroatoms. The highest BCUT2D eigenvalue weighted by Gasteiger charge is 2.30. The number of halogens is 2. The maximum atomic E-state index is 14.1. The summed E-state index contributed by atoms with van der Waals surface area (Å²) >= 11 is 0. The summed E-state index contributed by atoms with van der Waals surface area (Å²) in [7, 11) is -2.13. The molecule has 0 aliphatic heterocycles. The minimum absolute atomic E-state index is 0.149. The van der Waals surface area contributed by atoms with Gasteiger partial charge in [-0.1, -0.05) is 12.1 Å². The zero-order valence-electron chi connectivity index (χ0n) is 13.4. The van der Waals surface area contributed by atoms with Crippen LogP contribution in [0.25, 0.3) is 0 Å². The van der Waals surface area contributed by atoms with Crippen LogP contribution in [0.4, 0.5) is 14.5 Å². The quantitative estimate of drug-likeness (QED) is 0.729. The minimum Gasteiger partial charge on any atom is -0.494 e. The number of sulfonamides is 1. The first kappa shape index (κ1) is 18.7. The van der Waals surface area contributed by atoms with Crippen LogP contribution < -0.4 is 9.04 Å². The van der Waals surface area contributed by atoms with Gasteiger partial charge >= 0.3 is 5.97 Å². The van der Waals surface area contributed by atoms with Crippen molar-refractivity contribution >= 4 is 21.7 Å². The lowest BCUT2D eigenvalue weighted by molar-refractivity contribution is -0.138. The van der Waals surface area contributed by atoms with E-state index in [0.717, 1.165) is 31.4 Å². The molecule has 0 radical (unpaired) electrons. The van der Waals surface area contributed by atoms with E-state index in [2.05, 4.69) is 4.74 Å². The minimum atomic E-state index is -4.43. The molecular weight excluding hydrogens is 356 g/mol. The Labute approximate surface area is 143 Å². The average molecular weight is 371 g/mol. The molecule has 2 rings (SSSR count). The lowest BCUT2D eigenvalue weighted by atomic mass is 10.3. The van der Waals surface area contributed by atoms with E-state index in [1.165, 1.54) is 25.3 Å². The van der Waals surface area contributed by atoms with E-state index in [4.69, 9.17) is 4.74 Å². The van der Waals surface area contributed by atoms with Crippen molar-refractivity contribution in [2.24, 2.45) is 0 Å². The number of ether oxygens (including phenoxy) is 2. The third-order valence-electron chi connectivity index (χ3n) is 3.33. The number of benzene rings is 2. The smallest absolute Gasteiger partial charge is 0.326 e. The first-order valence-electron chi connectivity index (χ1n) is 6.99. The number of nitrogens with zero attached hydrogens (tertiary/aromatic N) is 1. The number of methoxy groups -OCH3 is 2. The number of esters is 1. The third kappa shape index (κ3) is 3.87. The summed E-state index contributed by atoms with van der Waals surface area (Å²) < 4.78 is 63.4. The van der Waals surface area contributed by atoms with E-state index in [1.54, 1.807) is 0 Å². The number of para-hydroxylation sites is 1. The maximum absolute atomic E-state index is 14.1. The van der Waals surface area contributed by atoms with Gasteiger partial charge in [-0.3, -0.25) is 9.10 Å². The predicted molar refractivity (Wildman–Crippen MR) is 85.9 cm³/mol. The molecule has 0 bridgehead atoms. The van der Waals surface area contributed by atoms with Crippen LogP contribution in [0.1, 0.15) is 0 Å². The summed E-state index contributed by atoms with van der Waals surface area (Å²) in [4.78, 5) is 11.1. The summed E-state index contributed by atoms with van der Waals surface area (Å²) in [6, 6.07) is 7.97. The molecule has 0 aliphatic rings. The van der Waals surface area contributed by atoms with Gasteiger partial charge in [-0.2, -0.15) is 0 Å². The fraction of sp³-hybridized carbons (Fsp3) is 0.188. The number of anilines is 1. The molecule has 0 amide bonds. The van der Waals surface area contributed by atoms with Crippen molar-refractivity contribution < 1.29 is 31.5 Å². The lowest BCUT2D eigenvalue weighted by Crippen LogP contribution is -2.37. The van der Waals surface area contributed by atoms with Crippen molar-refractivity contribution in [1.82, 2.24) is 0 Å². The number of hydrogen-bond donors (Lipinski definition) is 0. The molecule has 6 nitrogen and oxygen atoms in total. The molecule has 25 heavy (non-hydrogen) atoms. The first-order valence-corrected chi connectivity index (χ1v) is 8.43. The van der Waals surface area contributed by atoms with Gasteiger partial charge in [0.05, 0.1) is 24.8 Å². The number of rotatable bonds is 6. The predicted octanol–water partition coefficient (Wildman–Crippen LogP) is 2.34. The summed E-state index contributed by atoms with van der Waals surface area (Å²) in [5.41, 5.74) is -0.357. The number of carbonyl (C=O) groups is 1. The summed E-state index contributed by atoms with van der Waals surface area (Å²) in [5.74, 6) is -2.82. The summed E-state index contributed by atoms with van der Waals surface area (Å²) in [6.45, 7) is -0.770. The van der Waals surface area contributed by atoms with E-state index < -0.39 is 39.1 Å². The van der Waals surface area contributed by atoms with Crippen LogP contribution in [0.3, 0.4) is 0 Å². The lowest BCUT2D eigenvalue weighted by Gasteiger charge is -2.23. The molecule has 134 valence electrons. The van der Waals surface area contributed by atoms with Crippen LogP contribution in [-0.2, 0) is 19.6 Å². The van der Waals surface area contributed by atoms with E-state index in [9.17, 15) is 22.0 Å². The summed E-state index contributed by atoms with van der Waals surface area (Å²) in [5, 5.41) is 0.